The predicted molar refractivity (Wildman–Crippen MR) is 197 cm³/mol. The lowest BCUT2D eigenvalue weighted by Gasteiger charge is -2.52. The summed E-state index contributed by atoms with van der Waals surface area (Å²) in [5.41, 5.74) is -1.69. The van der Waals surface area contributed by atoms with Crippen LogP contribution in [-0.2, 0) is 10.4 Å². The number of piperidine rings is 2. The van der Waals surface area contributed by atoms with Crippen molar-refractivity contribution >= 4 is 11.9 Å². The molecule has 0 amide bonds. The maximum Gasteiger partial charge on any atom is 0.230 e. The fourth-order valence-electron chi connectivity index (χ4n) is 8.90. The van der Waals surface area contributed by atoms with Gasteiger partial charge in [0.2, 0.25) is 11.9 Å². The number of hydrogen-bond acceptors (Lipinski definition) is 9. The van der Waals surface area contributed by atoms with Crippen LogP contribution in [0.15, 0.2) is 0 Å². The number of unbranched alkanes of at least 4 members (excludes halogenated alkanes) is 3. The van der Waals surface area contributed by atoms with Crippen LogP contribution < -0.4 is 16.4 Å². The van der Waals surface area contributed by atoms with E-state index in [0.717, 1.165) is 70.9 Å². The molecule has 0 saturated carbocycles. The molecule has 0 unspecified atom stereocenters. The highest BCUT2D eigenvalue weighted by Crippen LogP contribution is 2.41. The molecule has 2 radical (unpaired) electrons. The summed E-state index contributed by atoms with van der Waals surface area (Å²) < 4.78 is 0. The van der Waals surface area contributed by atoms with Crippen molar-refractivity contribution in [3.8, 4) is 0 Å². The number of anilines is 2. The average Bonchev–Trinajstić information content (AvgIpc) is 2.86. The summed E-state index contributed by atoms with van der Waals surface area (Å²) in [7, 11) is 2.22. The van der Waals surface area contributed by atoms with E-state index >= 15 is 0 Å². The largest absolute Gasteiger partial charge is 0.349 e. The third-order valence-corrected chi connectivity index (χ3v) is 10.3. The van der Waals surface area contributed by atoms with Gasteiger partial charge in [-0.05, 0) is 140 Å². The first-order chi connectivity index (χ1) is 21.2. The Hall–Kier alpha value is -1.63. The zero-order chi connectivity index (χ0) is 35.8. The second kappa shape index (κ2) is 15.3. The van der Waals surface area contributed by atoms with E-state index in [4.69, 9.17) is 15.0 Å². The van der Waals surface area contributed by atoms with E-state index in [2.05, 4.69) is 112 Å². The Morgan fingerprint density at radius 1 is 0.708 bits per heavy atom. The molecule has 1 aromatic rings. The molecule has 2 aliphatic heterocycles. The van der Waals surface area contributed by atoms with Gasteiger partial charge < -0.3 is 21.3 Å². The van der Waals surface area contributed by atoms with Crippen molar-refractivity contribution in [3.05, 3.63) is 5.82 Å². The quantitative estimate of drug-likeness (QED) is 0.199. The molecule has 11 heteroatoms. The van der Waals surface area contributed by atoms with Crippen molar-refractivity contribution in [2.45, 2.75) is 194 Å². The minimum Gasteiger partial charge on any atom is -0.349 e. The molecule has 1 aromatic heterocycles. The van der Waals surface area contributed by atoms with Gasteiger partial charge in [0.05, 0.1) is 0 Å². The summed E-state index contributed by atoms with van der Waals surface area (Å²) in [6.07, 6.45) is 8.69. The molecule has 4 N–H and O–H groups in total. The summed E-state index contributed by atoms with van der Waals surface area (Å²) in [6.45, 7) is 31.6. The van der Waals surface area contributed by atoms with E-state index in [1.165, 1.54) is 10.1 Å². The average molecular weight is 676 g/mol. The van der Waals surface area contributed by atoms with Gasteiger partial charge in [0.1, 0.15) is 5.82 Å². The zero-order valence-corrected chi connectivity index (χ0v) is 33.6. The smallest absolute Gasteiger partial charge is 0.230 e. The van der Waals surface area contributed by atoms with Crippen molar-refractivity contribution in [2.24, 2.45) is 5.41 Å². The Bertz CT molecular complexity index is 1140. The number of hydrogen-bond donors (Lipinski definition) is 2. The van der Waals surface area contributed by atoms with Crippen LogP contribution in [0, 0.1) is 12.3 Å². The first-order valence-electron chi connectivity index (χ1n) is 18.2. The van der Waals surface area contributed by atoms with E-state index in [1.54, 1.807) is 0 Å². The molecule has 11 nitrogen and oxygen atoms in total. The fraction of sp³-hybridized carbons (Fsp3) is 0.919. The van der Waals surface area contributed by atoms with Crippen molar-refractivity contribution in [1.82, 2.24) is 36.1 Å². The van der Waals surface area contributed by atoms with Gasteiger partial charge in [0.25, 0.3) is 0 Å². The molecular formula is C37H73N9O2. The maximum absolute atomic E-state index is 13.3. The molecule has 278 valence electrons. The first-order valence-corrected chi connectivity index (χ1v) is 18.2. The third-order valence-electron chi connectivity index (χ3n) is 10.3. The van der Waals surface area contributed by atoms with Crippen LogP contribution in [0.25, 0.3) is 0 Å². The van der Waals surface area contributed by atoms with Crippen molar-refractivity contribution in [2.75, 3.05) is 30.4 Å². The number of nitrogens with zero attached hydrogens (tertiary/aromatic N) is 7. The van der Waals surface area contributed by atoms with Crippen molar-refractivity contribution in [3.63, 3.8) is 0 Å². The highest BCUT2D eigenvalue weighted by molar-refractivity contribution is 5.40. The molecule has 0 spiro atoms. The molecule has 0 aromatic carbocycles. The molecule has 0 bridgehead atoms. The topological polar surface area (TPSA) is 138 Å². The van der Waals surface area contributed by atoms with Crippen LogP contribution in [0.1, 0.15) is 154 Å². The molecule has 48 heavy (non-hydrogen) atoms. The minimum absolute atomic E-state index is 0. The van der Waals surface area contributed by atoms with Gasteiger partial charge in [-0.1, -0.05) is 33.6 Å². The second-order valence-electron chi connectivity index (χ2n) is 19.3. The monoisotopic (exact) mass is 676 g/mol. The van der Waals surface area contributed by atoms with Crippen molar-refractivity contribution in [1.29, 1.82) is 0 Å². The molecule has 0 aliphatic carbocycles. The summed E-state index contributed by atoms with van der Waals surface area (Å²) >= 11 is 0. The Labute approximate surface area is 294 Å². The number of nitrogens with one attached hydrogen (secondary N) is 1. The zero-order valence-electron chi connectivity index (χ0n) is 33.6. The Morgan fingerprint density at radius 2 is 1.15 bits per heavy atom. The third kappa shape index (κ3) is 11.2. The van der Waals surface area contributed by atoms with Gasteiger partial charge >= 0.3 is 0 Å². The Kier molecular flexibility index (Phi) is 13.6. The van der Waals surface area contributed by atoms with Gasteiger partial charge in [-0.3, -0.25) is 0 Å². The van der Waals surface area contributed by atoms with Gasteiger partial charge in [-0.15, -0.1) is 20.5 Å². The molecule has 2 saturated heterocycles. The normalized spacial score (nSPS) is 22.0. The number of rotatable bonds is 13. The second-order valence-corrected chi connectivity index (χ2v) is 19.3. The van der Waals surface area contributed by atoms with Crippen LogP contribution in [0.2, 0.25) is 0 Å². The Morgan fingerprint density at radius 3 is 1.60 bits per heavy atom. The molecule has 2 fully saturated rings. The summed E-state index contributed by atoms with van der Waals surface area (Å²) in [5.74, 6) is 2.02. The lowest BCUT2D eigenvalue weighted by Crippen LogP contribution is -2.62. The molecule has 0 atom stereocenters. The molecule has 2 aliphatic rings. The Balaban J connectivity index is 0.00000800. The van der Waals surface area contributed by atoms with E-state index in [1.807, 2.05) is 6.92 Å². The van der Waals surface area contributed by atoms with Crippen LogP contribution in [-0.4, -0.2) is 89.9 Å². The summed E-state index contributed by atoms with van der Waals surface area (Å²) in [4.78, 5) is 19.5. The van der Waals surface area contributed by atoms with Crippen LogP contribution in [0.5, 0.6) is 0 Å². The van der Waals surface area contributed by atoms with Gasteiger partial charge in [-0.25, -0.2) is 0 Å². The molecule has 3 rings (SSSR count). The highest BCUT2D eigenvalue weighted by Gasteiger charge is 2.49. The van der Waals surface area contributed by atoms with E-state index in [9.17, 15) is 10.4 Å². The van der Waals surface area contributed by atoms with Gasteiger partial charge in [0, 0.05) is 46.3 Å². The fourth-order valence-corrected chi connectivity index (χ4v) is 8.90. The number of aryl methyl sites for hydroxylation is 1. The standard InChI is InChI=1S/C37H70N8O2.H3N/c1-27-38-30(41-33(5,6)26-32(2,3)4)40-31(39-27)43(29-24-36(11,12)45(47)37(13,14)25-29)21-19-17-16-18-20-42(15)28-22-34(7,8)44(46)35(9,10)23-28;/h28-29H,16-26H2,1-15H3,(H,38,39,40,41);1H3. The number of hydroxylamine groups is 4. The minimum atomic E-state index is -0.488. The van der Waals surface area contributed by atoms with E-state index in [0.29, 0.717) is 23.8 Å². The van der Waals surface area contributed by atoms with Crippen LogP contribution >= 0.6 is 0 Å². The van der Waals surface area contributed by atoms with Gasteiger partial charge in [-0.2, -0.15) is 15.0 Å². The maximum atomic E-state index is 13.3. The highest BCUT2D eigenvalue weighted by atomic mass is 16.5. The predicted octanol–water partition coefficient (Wildman–Crippen LogP) is 8.00. The van der Waals surface area contributed by atoms with Gasteiger partial charge in [0.15, 0.2) is 0 Å². The first kappa shape index (κ1) is 42.5. The number of aromatic nitrogens is 3. The molecule has 3 heterocycles. The molecular weight excluding hydrogens is 602 g/mol. The van der Waals surface area contributed by atoms with E-state index < -0.39 is 11.1 Å². The van der Waals surface area contributed by atoms with Crippen LogP contribution in [0.4, 0.5) is 11.9 Å². The lowest BCUT2D eigenvalue weighted by molar-refractivity contribution is -0.294. The van der Waals surface area contributed by atoms with E-state index in [-0.39, 0.29) is 34.2 Å². The van der Waals surface area contributed by atoms with Crippen LogP contribution in [0.3, 0.4) is 0 Å². The summed E-state index contributed by atoms with van der Waals surface area (Å²) in [6, 6.07) is 0.565. The lowest BCUT2D eigenvalue weighted by atomic mass is 9.78. The summed E-state index contributed by atoms with van der Waals surface area (Å²) in [5, 5.41) is 32.3. The SMILES string of the molecule is Cc1nc(NC(C)(C)CC(C)(C)C)nc(N(CCCCCCN(C)C2CC(C)(C)N([O])C(C)(C)C2)C2CC(C)(C)N([O])C(C)(C)C2)n1.N. The van der Waals surface area contributed by atoms with Crippen molar-refractivity contribution < 1.29 is 10.4 Å².